The van der Waals surface area contributed by atoms with Gasteiger partial charge in [-0.15, -0.1) is 0 Å². The smallest absolute Gasteiger partial charge is 0.461 e. The maximum atomic E-state index is 15.2. The average Bonchev–Trinajstić information content (AvgIpc) is 3.03. The first-order valence-electron chi connectivity index (χ1n) is 14.7. The molecule has 0 aliphatic rings. The number of carbonyl (C=O) groups is 1. The molecule has 4 aromatic carbocycles. The Morgan fingerprint density at radius 2 is 1.48 bits per heavy atom. The zero-order valence-electron chi connectivity index (χ0n) is 26.2. The fraction of sp³-hybridized carbons (Fsp3) is 0.286. The number of alkyl halides is 7. The van der Waals surface area contributed by atoms with Crippen LogP contribution in [-0.2, 0) is 18.1 Å². The van der Waals surface area contributed by atoms with Crippen molar-refractivity contribution in [2.24, 2.45) is 5.41 Å². The summed E-state index contributed by atoms with van der Waals surface area (Å²) in [5.74, 6) is -6.86. The van der Waals surface area contributed by atoms with Crippen LogP contribution in [0.3, 0.4) is 0 Å². The molecule has 0 aliphatic heterocycles. The summed E-state index contributed by atoms with van der Waals surface area (Å²) in [4.78, 5) is 13.8. The number of carbonyl (C=O) groups excluding carboxylic acids is 1. The van der Waals surface area contributed by atoms with Gasteiger partial charge in [-0.3, -0.25) is 4.79 Å². The Balaban J connectivity index is 2.01. The number of hydrogen-bond donors (Lipinski definition) is 2. The molecule has 0 radical (unpaired) electrons. The minimum atomic E-state index is -5.22. The van der Waals surface area contributed by atoms with Crippen LogP contribution < -0.4 is 14.8 Å². The number of hydrogen-bond acceptors (Lipinski definition) is 4. The first kappa shape index (κ1) is 38.0. The van der Waals surface area contributed by atoms with Crippen LogP contribution in [-0.4, -0.2) is 36.8 Å². The van der Waals surface area contributed by atoms with Crippen LogP contribution in [0.1, 0.15) is 46.5 Å². The van der Waals surface area contributed by atoms with Gasteiger partial charge in [0.2, 0.25) is 0 Å². The van der Waals surface area contributed by atoms with Gasteiger partial charge in [-0.05, 0) is 59.2 Å². The van der Waals surface area contributed by atoms with Crippen molar-refractivity contribution in [3.63, 3.8) is 0 Å². The summed E-state index contributed by atoms with van der Waals surface area (Å²) in [7, 11) is 0. The predicted molar refractivity (Wildman–Crippen MR) is 161 cm³/mol. The molecule has 4 aromatic rings. The number of benzene rings is 4. The first-order valence-corrected chi connectivity index (χ1v) is 14.7. The second kappa shape index (κ2) is 14.6. The zero-order valence-corrected chi connectivity index (χ0v) is 26.2. The molecule has 2 N–H and O–H groups in total. The van der Waals surface area contributed by atoms with E-state index < -0.39 is 87.6 Å². The Kier molecular flexibility index (Phi) is 11.1. The van der Waals surface area contributed by atoms with Crippen molar-refractivity contribution >= 4 is 5.91 Å². The molecule has 0 unspecified atom stereocenters. The summed E-state index contributed by atoms with van der Waals surface area (Å²) >= 11 is 0. The third kappa shape index (κ3) is 8.86. The van der Waals surface area contributed by atoms with E-state index in [0.29, 0.717) is 23.8 Å². The third-order valence-electron chi connectivity index (χ3n) is 7.52. The molecule has 0 spiro atoms. The van der Waals surface area contributed by atoms with Gasteiger partial charge in [0.25, 0.3) is 5.91 Å². The van der Waals surface area contributed by atoms with Gasteiger partial charge in [0.15, 0.2) is 11.6 Å². The molecule has 0 saturated heterocycles. The minimum Gasteiger partial charge on any atom is -0.490 e. The topological polar surface area (TPSA) is 67.8 Å². The number of aliphatic hydroxyl groups excluding tert-OH is 1. The van der Waals surface area contributed by atoms with E-state index in [0.717, 1.165) is 30.3 Å². The Morgan fingerprint density at radius 3 is 2.10 bits per heavy atom. The van der Waals surface area contributed by atoms with Crippen molar-refractivity contribution in [3.05, 3.63) is 130 Å². The number of ether oxygens (including phenoxy) is 2. The molecular formula is C35H29F10NO4. The van der Waals surface area contributed by atoms with E-state index in [1.165, 1.54) is 12.1 Å². The molecule has 268 valence electrons. The predicted octanol–water partition coefficient (Wildman–Crippen LogP) is 8.67. The lowest BCUT2D eigenvalue weighted by Crippen LogP contribution is -2.49. The maximum absolute atomic E-state index is 15.2. The molecule has 0 heterocycles. The largest absolute Gasteiger partial charge is 0.490 e. The van der Waals surface area contributed by atoms with E-state index in [9.17, 15) is 45.0 Å². The summed E-state index contributed by atoms with van der Waals surface area (Å²) in [6.07, 6.45) is -15.1. The number of halogens is 10. The van der Waals surface area contributed by atoms with Crippen LogP contribution in [0.15, 0.2) is 84.9 Å². The molecule has 4 rings (SSSR count). The SMILES string of the molecule is CC(C)(CO)COc1cc([C@@](Cc2ccccc2)(NC(=O)c2ccc(F)c(C(F)(F)F)c2)c2cc(F)cc(OC(F)(F)C(F)F)c2)ccc1F. The molecule has 5 nitrogen and oxygen atoms in total. The lowest BCUT2D eigenvalue weighted by atomic mass is 9.77. The second-order valence-corrected chi connectivity index (χ2v) is 12.1. The van der Waals surface area contributed by atoms with E-state index in [1.807, 2.05) is 0 Å². The van der Waals surface area contributed by atoms with Gasteiger partial charge in [0.1, 0.15) is 17.4 Å². The number of nitrogens with one attached hydrogen (secondary N) is 1. The molecule has 0 aromatic heterocycles. The zero-order chi connectivity index (χ0) is 37.1. The van der Waals surface area contributed by atoms with Crippen LogP contribution in [0, 0.1) is 22.9 Å². The van der Waals surface area contributed by atoms with Crippen molar-refractivity contribution in [3.8, 4) is 11.5 Å². The van der Waals surface area contributed by atoms with Crippen molar-refractivity contribution < 1.29 is 63.3 Å². The fourth-order valence-corrected chi connectivity index (χ4v) is 4.88. The minimum absolute atomic E-state index is 0.150. The van der Waals surface area contributed by atoms with Gasteiger partial charge < -0.3 is 19.9 Å². The number of rotatable bonds is 13. The highest BCUT2D eigenvalue weighted by Gasteiger charge is 2.45. The average molecular weight is 718 g/mol. The lowest BCUT2D eigenvalue weighted by Gasteiger charge is -2.37. The lowest BCUT2D eigenvalue weighted by molar-refractivity contribution is -0.253. The summed E-state index contributed by atoms with van der Waals surface area (Å²) in [5, 5.41) is 12.1. The van der Waals surface area contributed by atoms with Crippen molar-refractivity contribution in [2.75, 3.05) is 13.2 Å². The molecule has 15 heteroatoms. The Bertz CT molecular complexity index is 1820. The van der Waals surface area contributed by atoms with E-state index in [2.05, 4.69) is 10.1 Å². The van der Waals surface area contributed by atoms with Gasteiger partial charge in [-0.2, -0.15) is 30.7 Å². The molecule has 0 bridgehead atoms. The molecular weight excluding hydrogens is 688 g/mol. The fourth-order valence-electron chi connectivity index (χ4n) is 4.88. The monoisotopic (exact) mass is 717 g/mol. The summed E-state index contributed by atoms with van der Waals surface area (Å²) in [6.45, 7) is 2.56. The first-order chi connectivity index (χ1) is 23.3. The molecule has 0 fully saturated rings. The summed E-state index contributed by atoms with van der Waals surface area (Å²) < 4.78 is 149. The Morgan fingerprint density at radius 1 is 0.820 bits per heavy atom. The van der Waals surface area contributed by atoms with Crippen molar-refractivity contribution in [1.82, 2.24) is 5.32 Å². The number of amides is 1. The normalized spacial score (nSPS) is 13.6. The second-order valence-electron chi connectivity index (χ2n) is 12.1. The summed E-state index contributed by atoms with van der Waals surface area (Å²) in [5.41, 5.74) is -5.91. The molecule has 0 saturated carbocycles. The highest BCUT2D eigenvalue weighted by molar-refractivity contribution is 5.95. The van der Waals surface area contributed by atoms with Gasteiger partial charge in [-0.1, -0.05) is 50.2 Å². The standard InChI is InChI=1S/C35H29F10NO4/c1-32(2,18-47)19-49-29-15-22(9-11-28(29)38)33(17-20-6-4-3-5-7-20,23-13-24(36)16-25(14-23)50-35(44,45)31(39)40)46-30(48)21-8-10-27(37)26(12-21)34(41,42)43/h3-16,31,47H,17-19H2,1-2H3,(H,46,48)/t33-/m1/s1. The number of aliphatic hydroxyl groups is 1. The maximum Gasteiger partial charge on any atom is 0.461 e. The molecule has 1 amide bonds. The van der Waals surface area contributed by atoms with Crippen LogP contribution in [0.4, 0.5) is 43.9 Å². The van der Waals surface area contributed by atoms with Crippen LogP contribution >= 0.6 is 0 Å². The van der Waals surface area contributed by atoms with Gasteiger partial charge in [0.05, 0.1) is 24.3 Å². The van der Waals surface area contributed by atoms with E-state index in [-0.39, 0.29) is 24.8 Å². The quantitative estimate of drug-likeness (QED) is 0.136. The highest BCUT2D eigenvalue weighted by atomic mass is 19.4. The van der Waals surface area contributed by atoms with E-state index in [1.54, 1.807) is 32.0 Å². The summed E-state index contributed by atoms with van der Waals surface area (Å²) in [6, 6.07) is 13.9. The Hall–Kier alpha value is -4.79. The Labute approximate surface area is 279 Å². The van der Waals surface area contributed by atoms with Crippen LogP contribution in [0.5, 0.6) is 11.5 Å². The van der Waals surface area contributed by atoms with Gasteiger partial charge in [0, 0.05) is 23.5 Å². The third-order valence-corrected chi connectivity index (χ3v) is 7.52. The molecule has 0 aliphatic carbocycles. The van der Waals surface area contributed by atoms with Crippen LogP contribution in [0.2, 0.25) is 0 Å². The molecule has 50 heavy (non-hydrogen) atoms. The van der Waals surface area contributed by atoms with Gasteiger partial charge >= 0.3 is 18.7 Å². The van der Waals surface area contributed by atoms with Crippen molar-refractivity contribution in [2.45, 2.75) is 44.5 Å². The molecule has 1 atom stereocenters. The van der Waals surface area contributed by atoms with Crippen molar-refractivity contribution in [1.29, 1.82) is 0 Å². The van der Waals surface area contributed by atoms with Gasteiger partial charge in [-0.25, -0.2) is 13.2 Å². The van der Waals surface area contributed by atoms with Crippen LogP contribution in [0.25, 0.3) is 0 Å². The highest BCUT2D eigenvalue weighted by Crippen LogP contribution is 2.40. The van der Waals surface area contributed by atoms with E-state index >= 15 is 8.78 Å². The van der Waals surface area contributed by atoms with E-state index in [4.69, 9.17) is 4.74 Å².